The molecule has 0 fully saturated rings. The maximum atomic E-state index is 13.7. The van der Waals surface area contributed by atoms with Crippen molar-refractivity contribution in [1.82, 2.24) is 4.90 Å². The van der Waals surface area contributed by atoms with Gasteiger partial charge in [-0.2, -0.15) is 5.26 Å². The van der Waals surface area contributed by atoms with Crippen LogP contribution in [0.1, 0.15) is 62.0 Å². The second-order valence-electron chi connectivity index (χ2n) is 11.5. The number of nitriles is 1. The van der Waals surface area contributed by atoms with Gasteiger partial charge in [0.25, 0.3) is 11.8 Å². The van der Waals surface area contributed by atoms with E-state index in [0.29, 0.717) is 41.3 Å². The average Bonchev–Trinajstić information content (AvgIpc) is 3.65. The van der Waals surface area contributed by atoms with Crippen LogP contribution in [0.25, 0.3) is 11.1 Å². The number of nitrogens with one attached hydrogen (secondary N) is 1. The minimum atomic E-state index is -0.244. The summed E-state index contributed by atoms with van der Waals surface area (Å²) in [5.41, 5.74) is 13.5. The first-order valence-electron chi connectivity index (χ1n) is 15.7. The Labute approximate surface area is 280 Å². The van der Waals surface area contributed by atoms with Crippen molar-refractivity contribution >= 4 is 34.5 Å². The zero-order valence-electron chi connectivity index (χ0n) is 26.8. The highest BCUT2D eigenvalue weighted by molar-refractivity contribution is 7.12. The number of hydrogen-bond acceptors (Lipinski definition) is 6. The van der Waals surface area contributed by atoms with Gasteiger partial charge >= 0.3 is 0 Å². The van der Waals surface area contributed by atoms with E-state index in [4.69, 9.17) is 11.0 Å². The summed E-state index contributed by atoms with van der Waals surface area (Å²) in [7, 11) is 2.03. The topological polar surface area (TPSA) is 102 Å². The lowest BCUT2D eigenvalue weighted by Crippen LogP contribution is -2.29. The van der Waals surface area contributed by atoms with Gasteiger partial charge in [0.15, 0.2) is 0 Å². The summed E-state index contributed by atoms with van der Waals surface area (Å²) in [5, 5.41) is 14.2. The zero-order chi connectivity index (χ0) is 33.2. The van der Waals surface area contributed by atoms with E-state index in [9.17, 15) is 9.59 Å². The number of carbonyl (C=O) groups excluding carboxylic acids is 2. The van der Waals surface area contributed by atoms with Crippen molar-refractivity contribution in [3.05, 3.63) is 141 Å². The third kappa shape index (κ3) is 8.53. The van der Waals surface area contributed by atoms with Crippen molar-refractivity contribution in [2.75, 3.05) is 23.8 Å². The number of nitrogens with zero attached hydrogens (tertiary/aromatic N) is 3. The van der Waals surface area contributed by atoms with Crippen molar-refractivity contribution in [2.45, 2.75) is 39.4 Å². The number of benzene rings is 4. The number of unbranched alkanes of at least 4 members (excludes halogenated alkanes) is 1. The SMILES string of the molecule is CCCCN(C)c1ccc(-c2cccc(CN(Cc3cccc(CN)c3)C(=O)c3cccs3)c2)cc1NC(=O)c1ccc(C#N)cc1. The standard InChI is InChI=1S/C39H39N5O2S/c1-3-4-19-43(2)36-18-17-34(23-35(36)42-38(45)32-15-13-28(24-40)14-16-32)33-11-6-10-31(22-33)27-44(39(46)37-12-7-20-47-37)26-30-9-5-8-29(21-30)25-41/h5-18,20-23H,3-4,19,25-27,41H2,1-2H3,(H,42,45). The fraction of sp³-hybridized carbons (Fsp3) is 0.205. The van der Waals surface area contributed by atoms with Crippen LogP contribution in [0, 0.1) is 11.3 Å². The molecule has 0 unspecified atom stereocenters. The molecule has 1 heterocycles. The van der Waals surface area contributed by atoms with Crippen LogP contribution < -0.4 is 16.0 Å². The van der Waals surface area contributed by atoms with E-state index in [1.807, 2.05) is 78.0 Å². The molecule has 0 aliphatic heterocycles. The normalized spacial score (nSPS) is 10.7. The summed E-state index contributed by atoms with van der Waals surface area (Å²) in [4.78, 5) is 31.7. The third-order valence-electron chi connectivity index (χ3n) is 8.03. The zero-order valence-corrected chi connectivity index (χ0v) is 27.6. The number of rotatable bonds is 13. The Morgan fingerprint density at radius 1 is 0.851 bits per heavy atom. The highest BCUT2D eigenvalue weighted by Gasteiger charge is 2.19. The maximum absolute atomic E-state index is 13.7. The van der Waals surface area contributed by atoms with Crippen molar-refractivity contribution < 1.29 is 9.59 Å². The van der Waals surface area contributed by atoms with E-state index >= 15 is 0 Å². The van der Waals surface area contributed by atoms with E-state index in [1.165, 1.54) is 11.3 Å². The predicted octanol–water partition coefficient (Wildman–Crippen LogP) is 8.08. The molecule has 5 aromatic rings. The number of thiophene rings is 1. The molecule has 0 spiro atoms. The van der Waals surface area contributed by atoms with Gasteiger partial charge in [0.05, 0.1) is 27.9 Å². The summed E-state index contributed by atoms with van der Waals surface area (Å²) in [6.07, 6.45) is 2.09. The second kappa shape index (κ2) is 15.9. The molecule has 47 heavy (non-hydrogen) atoms. The summed E-state index contributed by atoms with van der Waals surface area (Å²) < 4.78 is 0. The maximum Gasteiger partial charge on any atom is 0.264 e. The predicted molar refractivity (Wildman–Crippen MR) is 191 cm³/mol. The number of anilines is 2. The highest BCUT2D eigenvalue weighted by Crippen LogP contribution is 2.33. The number of hydrogen-bond donors (Lipinski definition) is 2. The largest absolute Gasteiger partial charge is 0.373 e. The minimum absolute atomic E-state index is 0.0178. The van der Waals surface area contributed by atoms with Gasteiger partial charge in [-0.15, -0.1) is 11.3 Å². The van der Waals surface area contributed by atoms with Crippen LogP contribution in [0.15, 0.2) is 109 Å². The number of amides is 2. The summed E-state index contributed by atoms with van der Waals surface area (Å²) in [6, 6.07) is 34.8. The van der Waals surface area contributed by atoms with Crippen LogP contribution in [0.3, 0.4) is 0 Å². The molecule has 0 saturated carbocycles. The average molecular weight is 642 g/mol. The monoisotopic (exact) mass is 641 g/mol. The van der Waals surface area contributed by atoms with Gasteiger partial charge in [0, 0.05) is 38.8 Å². The lowest BCUT2D eigenvalue weighted by Gasteiger charge is -2.24. The van der Waals surface area contributed by atoms with Gasteiger partial charge < -0.3 is 20.9 Å². The quantitative estimate of drug-likeness (QED) is 0.135. The Bertz CT molecular complexity index is 1860. The molecule has 5 rings (SSSR count). The fourth-order valence-electron chi connectivity index (χ4n) is 5.46. The van der Waals surface area contributed by atoms with Crippen molar-refractivity contribution in [1.29, 1.82) is 5.26 Å². The number of nitrogens with two attached hydrogens (primary N) is 1. The first-order valence-corrected chi connectivity index (χ1v) is 16.6. The summed E-state index contributed by atoms with van der Waals surface area (Å²) >= 11 is 1.44. The molecule has 4 aromatic carbocycles. The first kappa shape index (κ1) is 33.1. The Balaban J connectivity index is 1.44. The first-order chi connectivity index (χ1) is 22.9. The molecule has 1 aromatic heterocycles. The molecular weight excluding hydrogens is 603 g/mol. The van der Waals surface area contributed by atoms with Crippen LogP contribution in [-0.2, 0) is 19.6 Å². The molecule has 2 amide bonds. The van der Waals surface area contributed by atoms with Crippen molar-refractivity contribution in [2.24, 2.45) is 5.73 Å². The lowest BCUT2D eigenvalue weighted by atomic mass is 10.0. The van der Waals surface area contributed by atoms with E-state index < -0.39 is 0 Å². The molecule has 0 atom stereocenters. The molecule has 3 N–H and O–H groups in total. The highest BCUT2D eigenvalue weighted by atomic mass is 32.1. The molecule has 238 valence electrons. The van der Waals surface area contributed by atoms with E-state index in [-0.39, 0.29) is 11.8 Å². The third-order valence-corrected chi connectivity index (χ3v) is 8.89. The molecule has 0 aliphatic carbocycles. The van der Waals surface area contributed by atoms with Gasteiger partial charge in [-0.05, 0) is 88.1 Å². The van der Waals surface area contributed by atoms with Crippen LogP contribution in [-0.4, -0.2) is 30.3 Å². The van der Waals surface area contributed by atoms with Gasteiger partial charge in [-0.1, -0.05) is 67.9 Å². The van der Waals surface area contributed by atoms with Gasteiger partial charge in [0.2, 0.25) is 0 Å². The second-order valence-corrected chi connectivity index (χ2v) is 12.5. The Kier molecular flexibility index (Phi) is 11.2. The molecule has 0 radical (unpaired) electrons. The van der Waals surface area contributed by atoms with E-state index in [0.717, 1.165) is 52.9 Å². The molecule has 0 saturated heterocycles. The Morgan fingerprint density at radius 3 is 2.23 bits per heavy atom. The van der Waals surface area contributed by atoms with Crippen LogP contribution in [0.5, 0.6) is 0 Å². The van der Waals surface area contributed by atoms with Gasteiger partial charge in [-0.25, -0.2) is 0 Å². The number of carbonyl (C=O) groups is 2. The van der Waals surface area contributed by atoms with Gasteiger partial charge in [0.1, 0.15) is 0 Å². The van der Waals surface area contributed by atoms with E-state index in [1.54, 1.807) is 24.3 Å². The molecular formula is C39H39N5O2S. The fourth-order valence-corrected chi connectivity index (χ4v) is 6.15. The molecule has 7 nitrogen and oxygen atoms in total. The van der Waals surface area contributed by atoms with Gasteiger partial charge in [-0.3, -0.25) is 9.59 Å². The molecule has 8 heteroatoms. The van der Waals surface area contributed by atoms with Crippen LogP contribution >= 0.6 is 11.3 Å². The summed E-state index contributed by atoms with van der Waals surface area (Å²) in [5.74, 6) is -0.261. The van der Waals surface area contributed by atoms with Crippen molar-refractivity contribution in [3.8, 4) is 17.2 Å². The minimum Gasteiger partial charge on any atom is -0.373 e. The summed E-state index contributed by atoms with van der Waals surface area (Å²) in [6.45, 7) is 4.34. The van der Waals surface area contributed by atoms with E-state index in [2.05, 4.69) is 41.4 Å². The Hall–Kier alpha value is -5.23. The smallest absolute Gasteiger partial charge is 0.264 e. The molecule has 0 bridgehead atoms. The Morgan fingerprint density at radius 2 is 1.55 bits per heavy atom. The lowest BCUT2D eigenvalue weighted by molar-refractivity contribution is 0.0734. The molecule has 0 aliphatic rings. The van der Waals surface area contributed by atoms with Crippen LogP contribution in [0.4, 0.5) is 11.4 Å². The van der Waals surface area contributed by atoms with Crippen LogP contribution in [0.2, 0.25) is 0 Å². The van der Waals surface area contributed by atoms with Crippen molar-refractivity contribution in [3.63, 3.8) is 0 Å².